The summed E-state index contributed by atoms with van der Waals surface area (Å²) in [6.45, 7) is 4.75. The van der Waals surface area contributed by atoms with E-state index in [1.165, 1.54) is 4.40 Å². The Bertz CT molecular complexity index is 689. The van der Waals surface area contributed by atoms with E-state index in [4.69, 9.17) is 0 Å². The number of pyridine rings is 1. The van der Waals surface area contributed by atoms with E-state index in [0.29, 0.717) is 11.7 Å². The van der Waals surface area contributed by atoms with E-state index >= 15 is 0 Å². The monoisotopic (exact) mass is 275 g/mol. The molecular formula is C13H17N5O2. The second kappa shape index (κ2) is 5.18. The first-order valence-corrected chi connectivity index (χ1v) is 6.70. The van der Waals surface area contributed by atoms with Gasteiger partial charge in [0.2, 0.25) is 0 Å². The van der Waals surface area contributed by atoms with Crippen molar-refractivity contribution in [1.29, 1.82) is 0 Å². The molecule has 1 atom stereocenters. The van der Waals surface area contributed by atoms with Crippen LogP contribution in [-0.2, 0) is 0 Å². The van der Waals surface area contributed by atoms with Gasteiger partial charge < -0.3 is 5.32 Å². The van der Waals surface area contributed by atoms with Crippen LogP contribution in [0.5, 0.6) is 0 Å². The van der Waals surface area contributed by atoms with E-state index in [-0.39, 0.29) is 12.5 Å². The molecule has 0 aliphatic carbocycles. The standard InChI is InChI=1S/C13H17N5O2/c1-10-8-16(7-5-14-10)9-12(19)18-13(20)17-6-3-2-4-11(17)15-18/h2-4,6,10,14H,5,7-9H2,1H3/t10-/m1/s1. The molecule has 0 saturated carbocycles. The SMILES string of the molecule is C[C@@H]1CN(CC(=O)n2nc3ccccn3c2=O)CCN1. The lowest BCUT2D eigenvalue weighted by Crippen LogP contribution is -2.51. The summed E-state index contributed by atoms with van der Waals surface area (Å²) < 4.78 is 2.33. The molecule has 3 heterocycles. The van der Waals surface area contributed by atoms with Gasteiger partial charge in [-0.25, -0.2) is 9.20 Å². The lowest BCUT2D eigenvalue weighted by Gasteiger charge is -2.30. The third-order valence-corrected chi connectivity index (χ3v) is 3.48. The first-order valence-electron chi connectivity index (χ1n) is 6.70. The van der Waals surface area contributed by atoms with Crippen molar-refractivity contribution in [2.45, 2.75) is 13.0 Å². The largest absolute Gasteiger partial charge is 0.357 e. The molecule has 3 rings (SSSR count). The molecule has 0 radical (unpaired) electrons. The van der Waals surface area contributed by atoms with E-state index in [1.54, 1.807) is 24.4 Å². The minimum Gasteiger partial charge on any atom is -0.312 e. The van der Waals surface area contributed by atoms with Crippen molar-refractivity contribution in [1.82, 2.24) is 24.4 Å². The summed E-state index contributed by atoms with van der Waals surface area (Å²) in [6, 6.07) is 5.59. The molecule has 7 nitrogen and oxygen atoms in total. The molecule has 0 bridgehead atoms. The number of hydrogen-bond acceptors (Lipinski definition) is 5. The summed E-state index contributed by atoms with van der Waals surface area (Å²) in [7, 11) is 0. The number of nitrogens with zero attached hydrogens (tertiary/aromatic N) is 4. The van der Waals surface area contributed by atoms with Crippen LogP contribution in [0.15, 0.2) is 29.2 Å². The molecule has 2 aromatic heterocycles. The highest BCUT2D eigenvalue weighted by atomic mass is 16.2. The van der Waals surface area contributed by atoms with Gasteiger partial charge >= 0.3 is 5.69 Å². The zero-order valence-electron chi connectivity index (χ0n) is 11.3. The van der Waals surface area contributed by atoms with Crippen molar-refractivity contribution in [3.63, 3.8) is 0 Å². The topological polar surface area (TPSA) is 71.6 Å². The zero-order valence-corrected chi connectivity index (χ0v) is 11.3. The maximum Gasteiger partial charge on any atom is 0.357 e. The normalized spacial score (nSPS) is 20.4. The van der Waals surface area contributed by atoms with Gasteiger partial charge in [0.25, 0.3) is 5.91 Å². The van der Waals surface area contributed by atoms with E-state index < -0.39 is 5.69 Å². The van der Waals surface area contributed by atoms with Gasteiger partial charge in [-0.3, -0.25) is 9.69 Å². The smallest absolute Gasteiger partial charge is 0.312 e. The summed E-state index contributed by atoms with van der Waals surface area (Å²) in [4.78, 5) is 26.4. The maximum absolute atomic E-state index is 12.2. The molecule has 7 heteroatoms. The van der Waals surface area contributed by atoms with Crippen molar-refractivity contribution in [2.24, 2.45) is 0 Å². The summed E-state index contributed by atoms with van der Waals surface area (Å²) in [5, 5.41) is 7.39. The van der Waals surface area contributed by atoms with Gasteiger partial charge in [-0.2, -0.15) is 0 Å². The second-order valence-corrected chi connectivity index (χ2v) is 5.11. The second-order valence-electron chi connectivity index (χ2n) is 5.11. The zero-order chi connectivity index (χ0) is 14.1. The van der Waals surface area contributed by atoms with Gasteiger partial charge in [-0.1, -0.05) is 6.07 Å². The molecule has 1 fully saturated rings. The van der Waals surface area contributed by atoms with Crippen LogP contribution in [0.2, 0.25) is 0 Å². The quantitative estimate of drug-likeness (QED) is 0.795. The summed E-state index contributed by atoms with van der Waals surface area (Å²) >= 11 is 0. The number of rotatable bonds is 2. The molecule has 1 aliphatic heterocycles. The number of carbonyl (C=O) groups is 1. The lowest BCUT2D eigenvalue weighted by molar-refractivity contribution is 0.0805. The third-order valence-electron chi connectivity index (χ3n) is 3.48. The predicted octanol–water partition coefficient (Wildman–Crippen LogP) is -0.570. The Morgan fingerprint density at radius 3 is 3.10 bits per heavy atom. The fraction of sp³-hybridized carbons (Fsp3) is 0.462. The molecule has 0 aromatic carbocycles. The van der Waals surface area contributed by atoms with Crippen molar-refractivity contribution in [2.75, 3.05) is 26.2 Å². The molecule has 0 unspecified atom stereocenters. The molecule has 20 heavy (non-hydrogen) atoms. The van der Waals surface area contributed by atoms with Crippen LogP contribution >= 0.6 is 0 Å². The summed E-state index contributed by atoms with van der Waals surface area (Å²) in [5.41, 5.74) is 0.0771. The van der Waals surface area contributed by atoms with Gasteiger partial charge in [0.1, 0.15) is 0 Å². The van der Waals surface area contributed by atoms with Crippen LogP contribution in [0.3, 0.4) is 0 Å². The van der Waals surface area contributed by atoms with Crippen LogP contribution in [0, 0.1) is 0 Å². The van der Waals surface area contributed by atoms with E-state index in [2.05, 4.69) is 17.3 Å². The number of nitrogens with one attached hydrogen (secondary N) is 1. The first kappa shape index (κ1) is 13.0. The minimum absolute atomic E-state index is 0.218. The van der Waals surface area contributed by atoms with Crippen LogP contribution in [-0.4, -0.2) is 57.2 Å². The average molecular weight is 275 g/mol. The van der Waals surface area contributed by atoms with Crippen molar-refractivity contribution in [3.05, 3.63) is 34.9 Å². The molecule has 0 amide bonds. The Morgan fingerprint density at radius 2 is 2.35 bits per heavy atom. The number of piperazine rings is 1. The fourth-order valence-corrected chi connectivity index (χ4v) is 2.50. The average Bonchev–Trinajstić information content (AvgIpc) is 2.77. The first-order chi connectivity index (χ1) is 9.65. The van der Waals surface area contributed by atoms with Gasteiger partial charge in [-0.15, -0.1) is 9.78 Å². The fourth-order valence-electron chi connectivity index (χ4n) is 2.50. The van der Waals surface area contributed by atoms with Crippen molar-refractivity contribution < 1.29 is 4.79 Å². The number of fused-ring (bicyclic) bond motifs is 1. The Morgan fingerprint density at radius 1 is 1.50 bits per heavy atom. The van der Waals surface area contributed by atoms with Crippen LogP contribution < -0.4 is 11.0 Å². The Kier molecular flexibility index (Phi) is 3.37. The van der Waals surface area contributed by atoms with E-state index in [1.807, 2.05) is 4.90 Å². The van der Waals surface area contributed by atoms with Crippen molar-refractivity contribution in [3.8, 4) is 0 Å². The Hall–Kier alpha value is -1.99. The summed E-state index contributed by atoms with van der Waals surface area (Å²) in [6.07, 6.45) is 1.61. The highest BCUT2D eigenvalue weighted by molar-refractivity contribution is 5.80. The highest BCUT2D eigenvalue weighted by Gasteiger charge is 2.21. The van der Waals surface area contributed by atoms with Gasteiger partial charge in [-0.05, 0) is 19.1 Å². The summed E-state index contributed by atoms with van der Waals surface area (Å²) in [5.74, 6) is -0.284. The lowest BCUT2D eigenvalue weighted by atomic mass is 10.2. The van der Waals surface area contributed by atoms with E-state index in [9.17, 15) is 9.59 Å². The van der Waals surface area contributed by atoms with Crippen molar-refractivity contribution >= 4 is 11.6 Å². The van der Waals surface area contributed by atoms with Gasteiger partial charge in [0.15, 0.2) is 5.65 Å². The van der Waals surface area contributed by atoms with Gasteiger partial charge in [0, 0.05) is 31.9 Å². The number of aromatic nitrogens is 3. The molecule has 1 saturated heterocycles. The third kappa shape index (κ3) is 2.37. The molecule has 1 N–H and O–H groups in total. The number of hydrogen-bond donors (Lipinski definition) is 1. The van der Waals surface area contributed by atoms with Crippen LogP contribution in [0.4, 0.5) is 0 Å². The van der Waals surface area contributed by atoms with E-state index in [0.717, 1.165) is 24.3 Å². The predicted molar refractivity (Wildman–Crippen MR) is 74.0 cm³/mol. The Labute approximate surface area is 115 Å². The minimum atomic E-state index is -0.409. The molecule has 2 aromatic rings. The van der Waals surface area contributed by atoms with Crippen LogP contribution in [0.1, 0.15) is 11.7 Å². The highest BCUT2D eigenvalue weighted by Crippen LogP contribution is 2.00. The Balaban J connectivity index is 1.82. The number of carbonyl (C=O) groups excluding carboxylic acids is 1. The molecule has 106 valence electrons. The molecular weight excluding hydrogens is 258 g/mol. The van der Waals surface area contributed by atoms with Gasteiger partial charge in [0.05, 0.1) is 6.54 Å². The molecule has 0 spiro atoms. The maximum atomic E-state index is 12.2. The van der Waals surface area contributed by atoms with Crippen LogP contribution in [0.25, 0.3) is 5.65 Å². The molecule has 1 aliphatic rings.